The van der Waals surface area contributed by atoms with Gasteiger partial charge >= 0.3 is 0 Å². The highest BCUT2D eigenvalue weighted by atomic mass is 16.5. The van der Waals surface area contributed by atoms with Gasteiger partial charge in [0, 0.05) is 12.5 Å². The second-order valence-electron chi connectivity index (χ2n) is 2.14. The smallest absolute Gasteiger partial charge is 0.0685 e. The Morgan fingerprint density at radius 2 is 2.50 bits per heavy atom. The van der Waals surface area contributed by atoms with E-state index in [0.717, 1.165) is 13.0 Å². The third kappa shape index (κ3) is 0.850. The van der Waals surface area contributed by atoms with Crippen LogP contribution >= 0.6 is 0 Å². The average Bonchev–Trinajstić information content (AvgIpc) is 2.14. The van der Waals surface area contributed by atoms with Crippen molar-refractivity contribution in [3.63, 3.8) is 0 Å². The average molecular weight is 110 g/mol. The zero-order chi connectivity index (χ0) is 5.98. The first-order chi connectivity index (χ1) is 3.84. The van der Waals surface area contributed by atoms with Gasteiger partial charge in [-0.15, -0.1) is 12.3 Å². The summed E-state index contributed by atoms with van der Waals surface area (Å²) in [6.07, 6.45) is 6.53. The Morgan fingerprint density at radius 1 is 1.75 bits per heavy atom. The van der Waals surface area contributed by atoms with Crippen LogP contribution in [0.5, 0.6) is 0 Å². The minimum atomic E-state index is 0.292. The maximum atomic E-state index is 5.21. The van der Waals surface area contributed by atoms with Crippen LogP contribution in [0.3, 0.4) is 0 Å². The summed E-state index contributed by atoms with van der Waals surface area (Å²) in [6, 6.07) is 0. The molecule has 1 rings (SSSR count). The topological polar surface area (TPSA) is 9.23 Å². The van der Waals surface area contributed by atoms with Crippen LogP contribution in [0.2, 0.25) is 0 Å². The van der Waals surface area contributed by atoms with E-state index in [1.54, 1.807) is 0 Å². The van der Waals surface area contributed by atoms with Gasteiger partial charge in [0.15, 0.2) is 0 Å². The molecular formula is C7H10O. The van der Waals surface area contributed by atoms with Gasteiger partial charge in [-0.2, -0.15) is 0 Å². The molecule has 1 saturated heterocycles. The predicted molar refractivity (Wildman–Crippen MR) is 32.4 cm³/mol. The molecule has 0 spiro atoms. The Balaban J connectivity index is 2.45. The molecule has 1 fully saturated rings. The monoisotopic (exact) mass is 110 g/mol. The van der Waals surface area contributed by atoms with Crippen molar-refractivity contribution in [2.75, 3.05) is 6.61 Å². The summed E-state index contributed by atoms with van der Waals surface area (Å²) in [5.74, 6) is 3.06. The standard InChI is InChI=1S/C7H10O/c1-3-7-4-5-8-6(7)2/h1,6-7H,4-5H2,2H3/t6-,7+/m1/s1. The Hall–Kier alpha value is -0.480. The Bertz CT molecular complexity index is 112. The molecule has 1 heterocycles. The van der Waals surface area contributed by atoms with E-state index < -0.39 is 0 Å². The van der Waals surface area contributed by atoms with Crippen LogP contribution in [-0.4, -0.2) is 12.7 Å². The van der Waals surface area contributed by atoms with Gasteiger partial charge in [-0.1, -0.05) is 0 Å². The van der Waals surface area contributed by atoms with Crippen molar-refractivity contribution in [2.24, 2.45) is 5.92 Å². The lowest BCUT2D eigenvalue weighted by molar-refractivity contribution is 0.115. The van der Waals surface area contributed by atoms with E-state index in [0.29, 0.717) is 12.0 Å². The summed E-state index contributed by atoms with van der Waals surface area (Å²) < 4.78 is 5.21. The maximum Gasteiger partial charge on any atom is 0.0685 e. The summed E-state index contributed by atoms with van der Waals surface area (Å²) in [6.45, 7) is 2.87. The van der Waals surface area contributed by atoms with E-state index in [-0.39, 0.29) is 0 Å². The molecular weight excluding hydrogens is 100 g/mol. The van der Waals surface area contributed by atoms with Crippen LogP contribution in [0, 0.1) is 18.3 Å². The Morgan fingerprint density at radius 3 is 2.75 bits per heavy atom. The summed E-state index contributed by atoms with van der Waals surface area (Å²) in [5, 5.41) is 0. The third-order valence-electron chi connectivity index (χ3n) is 1.59. The lowest BCUT2D eigenvalue weighted by Crippen LogP contribution is -2.07. The lowest BCUT2D eigenvalue weighted by atomic mass is 10.1. The summed E-state index contributed by atoms with van der Waals surface area (Å²) in [4.78, 5) is 0. The van der Waals surface area contributed by atoms with Crippen molar-refractivity contribution < 1.29 is 4.74 Å². The molecule has 1 heteroatoms. The molecule has 0 amide bonds. The molecule has 44 valence electrons. The molecule has 0 aromatic heterocycles. The molecule has 1 aliphatic heterocycles. The predicted octanol–water partition coefficient (Wildman–Crippen LogP) is 1.04. The molecule has 0 saturated carbocycles. The quantitative estimate of drug-likeness (QED) is 0.423. The third-order valence-corrected chi connectivity index (χ3v) is 1.59. The molecule has 0 aromatic rings. The zero-order valence-electron chi connectivity index (χ0n) is 5.05. The maximum absolute atomic E-state index is 5.21. The van der Waals surface area contributed by atoms with E-state index in [1.807, 2.05) is 6.92 Å². The van der Waals surface area contributed by atoms with E-state index in [1.165, 1.54) is 0 Å². The number of rotatable bonds is 0. The van der Waals surface area contributed by atoms with E-state index in [9.17, 15) is 0 Å². The van der Waals surface area contributed by atoms with Gasteiger partial charge in [-0.05, 0) is 13.3 Å². The first kappa shape index (κ1) is 5.65. The van der Waals surface area contributed by atoms with Crippen LogP contribution in [-0.2, 0) is 4.74 Å². The normalized spacial score (nSPS) is 37.0. The van der Waals surface area contributed by atoms with Crippen molar-refractivity contribution in [3.8, 4) is 12.3 Å². The molecule has 0 bridgehead atoms. The fourth-order valence-corrected chi connectivity index (χ4v) is 0.951. The molecule has 0 radical (unpaired) electrons. The zero-order valence-corrected chi connectivity index (χ0v) is 5.05. The highest BCUT2D eigenvalue weighted by Gasteiger charge is 2.21. The molecule has 8 heavy (non-hydrogen) atoms. The number of hydrogen-bond acceptors (Lipinski definition) is 1. The van der Waals surface area contributed by atoms with Crippen LogP contribution in [0.25, 0.3) is 0 Å². The molecule has 0 aliphatic carbocycles. The minimum absolute atomic E-state index is 0.292. The lowest BCUT2D eigenvalue weighted by Gasteiger charge is -2.03. The van der Waals surface area contributed by atoms with Crippen molar-refractivity contribution in [1.29, 1.82) is 0 Å². The molecule has 1 nitrogen and oxygen atoms in total. The molecule has 2 atom stereocenters. The first-order valence-electron chi connectivity index (χ1n) is 2.92. The molecule has 0 unspecified atom stereocenters. The highest BCUT2D eigenvalue weighted by Crippen LogP contribution is 2.18. The van der Waals surface area contributed by atoms with Gasteiger partial charge in [-0.25, -0.2) is 0 Å². The Kier molecular flexibility index (Phi) is 1.55. The van der Waals surface area contributed by atoms with Crippen molar-refractivity contribution in [1.82, 2.24) is 0 Å². The highest BCUT2D eigenvalue weighted by molar-refractivity contribution is 4.98. The van der Waals surface area contributed by atoms with Crippen LogP contribution in [0.1, 0.15) is 13.3 Å². The van der Waals surface area contributed by atoms with Crippen LogP contribution < -0.4 is 0 Å². The molecule has 1 aliphatic rings. The van der Waals surface area contributed by atoms with E-state index >= 15 is 0 Å². The van der Waals surface area contributed by atoms with Crippen LogP contribution in [0.15, 0.2) is 0 Å². The second-order valence-corrected chi connectivity index (χ2v) is 2.14. The van der Waals surface area contributed by atoms with Gasteiger partial charge in [0.2, 0.25) is 0 Å². The van der Waals surface area contributed by atoms with Gasteiger partial charge in [0.05, 0.1) is 6.10 Å². The first-order valence-corrected chi connectivity index (χ1v) is 2.92. The molecule has 0 N–H and O–H groups in total. The summed E-state index contributed by atoms with van der Waals surface area (Å²) in [7, 11) is 0. The van der Waals surface area contributed by atoms with Gasteiger partial charge in [-0.3, -0.25) is 0 Å². The number of ether oxygens (including phenoxy) is 1. The summed E-state index contributed by atoms with van der Waals surface area (Å²) >= 11 is 0. The van der Waals surface area contributed by atoms with Crippen LogP contribution in [0.4, 0.5) is 0 Å². The van der Waals surface area contributed by atoms with Gasteiger partial charge in [0.25, 0.3) is 0 Å². The number of hydrogen-bond donors (Lipinski definition) is 0. The number of terminal acetylenes is 1. The van der Waals surface area contributed by atoms with Gasteiger partial charge < -0.3 is 4.74 Å². The summed E-state index contributed by atoms with van der Waals surface area (Å²) in [5.41, 5.74) is 0. The fourth-order valence-electron chi connectivity index (χ4n) is 0.951. The van der Waals surface area contributed by atoms with Crippen molar-refractivity contribution in [3.05, 3.63) is 0 Å². The largest absolute Gasteiger partial charge is 0.377 e. The molecule has 0 aromatic carbocycles. The van der Waals surface area contributed by atoms with Crippen molar-refractivity contribution >= 4 is 0 Å². The van der Waals surface area contributed by atoms with Gasteiger partial charge in [0.1, 0.15) is 0 Å². The fraction of sp³-hybridized carbons (Fsp3) is 0.714. The second kappa shape index (κ2) is 2.19. The Labute approximate surface area is 50.0 Å². The van der Waals surface area contributed by atoms with Crippen molar-refractivity contribution in [2.45, 2.75) is 19.4 Å². The van der Waals surface area contributed by atoms with E-state index in [4.69, 9.17) is 11.2 Å². The minimum Gasteiger partial charge on any atom is -0.377 e. The SMILES string of the molecule is C#C[C@H]1CCO[C@@H]1C. The van der Waals surface area contributed by atoms with E-state index in [2.05, 4.69) is 5.92 Å².